The standard InChI is InChI=1S/C13H16O4S/c1-4-16-13(15)8-17-12-6-5-11(7-9(12)2)18-10(3)14/h5-7H,4,8H2,1-3H3. The van der Waals surface area contributed by atoms with Gasteiger partial charge in [0.05, 0.1) is 6.61 Å². The van der Waals surface area contributed by atoms with Gasteiger partial charge in [0.2, 0.25) is 0 Å². The first-order valence-corrected chi connectivity index (χ1v) is 6.42. The second kappa shape index (κ2) is 7.06. The van der Waals surface area contributed by atoms with Gasteiger partial charge in [0.25, 0.3) is 0 Å². The fourth-order valence-corrected chi connectivity index (χ4v) is 2.06. The summed E-state index contributed by atoms with van der Waals surface area (Å²) in [6.07, 6.45) is 0. The summed E-state index contributed by atoms with van der Waals surface area (Å²) in [6.45, 7) is 5.37. The van der Waals surface area contributed by atoms with Crippen molar-refractivity contribution in [2.45, 2.75) is 25.7 Å². The molecule has 1 aromatic rings. The van der Waals surface area contributed by atoms with Crippen LogP contribution in [0.25, 0.3) is 0 Å². The predicted octanol–water partition coefficient (Wildman–Crippen LogP) is 2.58. The number of thioether (sulfide) groups is 1. The van der Waals surface area contributed by atoms with E-state index in [4.69, 9.17) is 9.47 Å². The topological polar surface area (TPSA) is 52.6 Å². The smallest absolute Gasteiger partial charge is 0.344 e. The molecule has 0 fully saturated rings. The number of ether oxygens (including phenoxy) is 2. The molecule has 0 saturated carbocycles. The molecule has 18 heavy (non-hydrogen) atoms. The number of hydrogen-bond donors (Lipinski definition) is 0. The Bertz CT molecular complexity index is 443. The van der Waals surface area contributed by atoms with Crippen molar-refractivity contribution in [1.82, 2.24) is 0 Å². The number of rotatable bonds is 5. The van der Waals surface area contributed by atoms with Crippen molar-refractivity contribution in [3.63, 3.8) is 0 Å². The number of carbonyl (C=O) groups is 2. The second-order valence-electron chi connectivity index (χ2n) is 3.61. The molecular weight excluding hydrogens is 252 g/mol. The van der Waals surface area contributed by atoms with Crippen LogP contribution in [0, 0.1) is 6.92 Å². The molecule has 0 amide bonds. The number of hydrogen-bond acceptors (Lipinski definition) is 5. The van der Waals surface area contributed by atoms with Gasteiger partial charge in [-0.15, -0.1) is 0 Å². The monoisotopic (exact) mass is 268 g/mol. The van der Waals surface area contributed by atoms with Crippen molar-refractivity contribution in [1.29, 1.82) is 0 Å². The molecule has 0 aliphatic rings. The number of carbonyl (C=O) groups excluding carboxylic acids is 2. The first-order chi connectivity index (χ1) is 8.52. The average Bonchev–Trinajstić information content (AvgIpc) is 2.27. The zero-order chi connectivity index (χ0) is 13.5. The van der Waals surface area contributed by atoms with E-state index in [0.29, 0.717) is 12.4 Å². The number of aryl methyl sites for hydroxylation is 1. The third kappa shape index (κ3) is 4.79. The average molecular weight is 268 g/mol. The van der Waals surface area contributed by atoms with Gasteiger partial charge in [0, 0.05) is 11.8 Å². The zero-order valence-electron chi connectivity index (χ0n) is 10.7. The highest BCUT2D eigenvalue weighted by Crippen LogP contribution is 2.25. The van der Waals surface area contributed by atoms with Crippen LogP contribution in [-0.2, 0) is 14.3 Å². The van der Waals surface area contributed by atoms with Gasteiger partial charge < -0.3 is 9.47 Å². The SMILES string of the molecule is CCOC(=O)COc1ccc(SC(C)=O)cc1C. The van der Waals surface area contributed by atoms with Gasteiger partial charge in [-0.3, -0.25) is 4.79 Å². The quantitative estimate of drug-likeness (QED) is 0.607. The lowest BCUT2D eigenvalue weighted by atomic mass is 10.2. The van der Waals surface area contributed by atoms with Gasteiger partial charge in [-0.1, -0.05) is 11.8 Å². The second-order valence-corrected chi connectivity index (χ2v) is 4.87. The highest BCUT2D eigenvalue weighted by Gasteiger charge is 2.07. The molecule has 0 heterocycles. The van der Waals surface area contributed by atoms with E-state index in [-0.39, 0.29) is 17.7 Å². The Morgan fingerprint density at radius 1 is 1.33 bits per heavy atom. The summed E-state index contributed by atoms with van der Waals surface area (Å²) in [5.41, 5.74) is 0.880. The summed E-state index contributed by atoms with van der Waals surface area (Å²) >= 11 is 1.17. The molecule has 0 radical (unpaired) electrons. The highest BCUT2D eigenvalue weighted by molar-refractivity contribution is 8.13. The molecule has 5 heteroatoms. The van der Waals surface area contributed by atoms with Gasteiger partial charge in [-0.2, -0.15) is 0 Å². The number of esters is 1. The predicted molar refractivity (Wildman–Crippen MR) is 69.8 cm³/mol. The lowest BCUT2D eigenvalue weighted by Crippen LogP contribution is -2.14. The lowest BCUT2D eigenvalue weighted by Gasteiger charge is -2.09. The van der Waals surface area contributed by atoms with Crippen LogP contribution in [0.5, 0.6) is 5.75 Å². The Balaban J connectivity index is 2.62. The van der Waals surface area contributed by atoms with Crippen molar-refractivity contribution in [2.75, 3.05) is 13.2 Å². The molecule has 0 aromatic heterocycles. The van der Waals surface area contributed by atoms with E-state index in [1.165, 1.54) is 18.7 Å². The van der Waals surface area contributed by atoms with Crippen molar-refractivity contribution >= 4 is 22.8 Å². The van der Waals surface area contributed by atoms with E-state index < -0.39 is 0 Å². The maximum atomic E-state index is 11.1. The summed E-state index contributed by atoms with van der Waals surface area (Å²) in [5.74, 6) is 0.232. The fraction of sp³-hybridized carbons (Fsp3) is 0.385. The van der Waals surface area contributed by atoms with E-state index in [9.17, 15) is 9.59 Å². The van der Waals surface area contributed by atoms with E-state index in [0.717, 1.165) is 10.5 Å². The molecule has 0 aliphatic heterocycles. The molecule has 0 bridgehead atoms. The summed E-state index contributed by atoms with van der Waals surface area (Å²) in [4.78, 5) is 23.0. The molecule has 0 spiro atoms. The maximum absolute atomic E-state index is 11.1. The van der Waals surface area contributed by atoms with Crippen LogP contribution in [0.3, 0.4) is 0 Å². The van der Waals surface area contributed by atoms with Crippen LogP contribution in [0.15, 0.2) is 23.1 Å². The molecule has 0 unspecified atom stereocenters. The minimum atomic E-state index is -0.390. The Labute approximate surface area is 111 Å². The molecule has 0 N–H and O–H groups in total. The summed E-state index contributed by atoms with van der Waals surface area (Å²) < 4.78 is 10.1. The van der Waals surface area contributed by atoms with Gasteiger partial charge in [-0.05, 0) is 37.6 Å². The Morgan fingerprint density at radius 2 is 2.06 bits per heavy atom. The van der Waals surface area contributed by atoms with Gasteiger partial charge in [0.1, 0.15) is 5.75 Å². The van der Waals surface area contributed by atoms with Crippen LogP contribution >= 0.6 is 11.8 Å². The van der Waals surface area contributed by atoms with E-state index in [2.05, 4.69) is 0 Å². The highest BCUT2D eigenvalue weighted by atomic mass is 32.2. The molecule has 98 valence electrons. The summed E-state index contributed by atoms with van der Waals surface area (Å²) in [7, 11) is 0. The van der Waals surface area contributed by atoms with Gasteiger partial charge >= 0.3 is 5.97 Å². The molecule has 4 nitrogen and oxygen atoms in total. The molecular formula is C13H16O4S. The summed E-state index contributed by atoms with van der Waals surface area (Å²) in [6, 6.07) is 5.39. The van der Waals surface area contributed by atoms with Crippen molar-refractivity contribution in [3.05, 3.63) is 23.8 Å². The summed E-state index contributed by atoms with van der Waals surface area (Å²) in [5, 5.41) is 0.0367. The normalized spacial score (nSPS) is 9.94. The van der Waals surface area contributed by atoms with Crippen molar-refractivity contribution in [2.24, 2.45) is 0 Å². The fourth-order valence-electron chi connectivity index (χ4n) is 1.35. The first kappa shape index (κ1) is 14.6. The Hall–Kier alpha value is -1.49. The molecule has 0 atom stereocenters. The first-order valence-electron chi connectivity index (χ1n) is 5.60. The van der Waals surface area contributed by atoms with E-state index in [1.807, 2.05) is 13.0 Å². The molecule has 0 aliphatic carbocycles. The van der Waals surface area contributed by atoms with E-state index >= 15 is 0 Å². The van der Waals surface area contributed by atoms with Crippen molar-refractivity contribution in [3.8, 4) is 5.75 Å². The van der Waals surface area contributed by atoms with E-state index in [1.54, 1.807) is 19.1 Å². The van der Waals surface area contributed by atoms with Gasteiger partial charge in [-0.25, -0.2) is 4.79 Å². The van der Waals surface area contributed by atoms with Gasteiger partial charge in [0.15, 0.2) is 11.7 Å². The van der Waals surface area contributed by atoms with Crippen LogP contribution in [0.1, 0.15) is 19.4 Å². The minimum Gasteiger partial charge on any atom is -0.482 e. The third-order valence-corrected chi connectivity index (χ3v) is 2.84. The number of benzene rings is 1. The third-order valence-electron chi connectivity index (χ3n) is 2.06. The van der Waals surface area contributed by atoms with Crippen LogP contribution in [0.4, 0.5) is 0 Å². The Kier molecular flexibility index (Phi) is 5.71. The molecule has 0 saturated heterocycles. The van der Waals surface area contributed by atoms with Crippen LogP contribution in [0.2, 0.25) is 0 Å². The minimum absolute atomic E-state index is 0.0367. The van der Waals surface area contributed by atoms with Crippen molar-refractivity contribution < 1.29 is 19.1 Å². The molecule has 1 aromatic carbocycles. The van der Waals surface area contributed by atoms with Crippen LogP contribution in [-0.4, -0.2) is 24.3 Å². The molecule has 1 rings (SSSR count). The van der Waals surface area contributed by atoms with Crippen LogP contribution < -0.4 is 4.74 Å². The Morgan fingerprint density at radius 3 is 2.61 bits per heavy atom. The lowest BCUT2D eigenvalue weighted by molar-refractivity contribution is -0.145. The zero-order valence-corrected chi connectivity index (χ0v) is 11.5. The maximum Gasteiger partial charge on any atom is 0.344 e. The largest absolute Gasteiger partial charge is 0.482 e.